The van der Waals surface area contributed by atoms with E-state index in [9.17, 15) is 14.4 Å². The van der Waals surface area contributed by atoms with Crippen molar-refractivity contribution in [1.82, 2.24) is 14.9 Å². The molecule has 136 valence electrons. The van der Waals surface area contributed by atoms with E-state index in [1.165, 1.54) is 6.33 Å². The molecule has 0 aromatic carbocycles. The molecular formula is C17H23N3O5. The van der Waals surface area contributed by atoms with Crippen LogP contribution < -0.4 is 10.9 Å². The van der Waals surface area contributed by atoms with E-state index in [2.05, 4.69) is 10.3 Å². The third-order valence-corrected chi connectivity index (χ3v) is 3.78. The van der Waals surface area contributed by atoms with Crippen LogP contribution in [0.5, 0.6) is 0 Å². The summed E-state index contributed by atoms with van der Waals surface area (Å²) in [6.45, 7) is 7.18. The zero-order chi connectivity index (χ0) is 18.6. The van der Waals surface area contributed by atoms with Crippen LogP contribution in [0.25, 0.3) is 11.1 Å². The van der Waals surface area contributed by atoms with Gasteiger partial charge in [-0.1, -0.05) is 13.3 Å². The Balaban J connectivity index is 2.35. The largest absolute Gasteiger partial charge is 0.462 e. The maximum absolute atomic E-state index is 12.7. The molecule has 0 fully saturated rings. The Morgan fingerprint density at radius 1 is 1.40 bits per heavy atom. The normalized spacial score (nSPS) is 12.2. The third-order valence-electron chi connectivity index (χ3n) is 3.78. The van der Waals surface area contributed by atoms with Crippen LogP contribution in [0.15, 0.2) is 15.5 Å². The second-order valence-electron chi connectivity index (χ2n) is 5.87. The van der Waals surface area contributed by atoms with Gasteiger partial charge in [-0.25, -0.2) is 9.78 Å². The zero-order valence-corrected chi connectivity index (χ0v) is 14.9. The fourth-order valence-corrected chi connectivity index (χ4v) is 2.68. The van der Waals surface area contributed by atoms with Crippen LogP contribution in [0.3, 0.4) is 0 Å². The first kappa shape index (κ1) is 18.7. The van der Waals surface area contributed by atoms with Crippen molar-refractivity contribution >= 4 is 23.0 Å². The Morgan fingerprint density at radius 2 is 2.12 bits per heavy atom. The molecule has 0 radical (unpaired) electrons. The molecule has 0 aliphatic rings. The number of hydrogen-bond donors (Lipinski definition) is 1. The zero-order valence-electron chi connectivity index (χ0n) is 14.9. The van der Waals surface area contributed by atoms with E-state index in [1.807, 2.05) is 13.8 Å². The van der Waals surface area contributed by atoms with Gasteiger partial charge in [0.2, 0.25) is 11.6 Å². The minimum atomic E-state index is -0.642. The summed E-state index contributed by atoms with van der Waals surface area (Å²) < 4.78 is 11.5. The van der Waals surface area contributed by atoms with E-state index in [1.54, 1.807) is 13.8 Å². The quantitative estimate of drug-likeness (QED) is 0.764. The van der Waals surface area contributed by atoms with Crippen molar-refractivity contribution < 1.29 is 18.7 Å². The molecule has 0 aliphatic heterocycles. The van der Waals surface area contributed by atoms with E-state index >= 15 is 0 Å². The first-order valence-electron chi connectivity index (χ1n) is 8.34. The Bertz CT molecular complexity index is 837. The molecule has 1 N–H and O–H groups in total. The fourth-order valence-electron chi connectivity index (χ4n) is 2.68. The van der Waals surface area contributed by atoms with Crippen LogP contribution in [0.4, 0.5) is 0 Å². The second kappa shape index (κ2) is 7.96. The molecule has 0 saturated carbocycles. The number of aromatic nitrogens is 2. The number of amides is 1. The van der Waals surface area contributed by atoms with Gasteiger partial charge in [-0.05, 0) is 27.2 Å². The lowest BCUT2D eigenvalue weighted by Crippen LogP contribution is -2.37. The predicted molar refractivity (Wildman–Crippen MR) is 91.5 cm³/mol. The van der Waals surface area contributed by atoms with E-state index in [0.717, 1.165) is 17.4 Å². The van der Waals surface area contributed by atoms with Gasteiger partial charge in [0.1, 0.15) is 29.6 Å². The summed E-state index contributed by atoms with van der Waals surface area (Å²) in [5.41, 5.74) is -0.395. The summed E-state index contributed by atoms with van der Waals surface area (Å²) in [6, 6.07) is 0.0242. The number of aryl methyl sites for hydroxylation is 1. The average Bonchev–Trinajstić information content (AvgIpc) is 2.87. The van der Waals surface area contributed by atoms with Gasteiger partial charge in [0.05, 0.1) is 6.61 Å². The molecule has 0 spiro atoms. The number of nitrogens with zero attached hydrogens (tertiary/aromatic N) is 2. The topological polar surface area (TPSA) is 103 Å². The van der Waals surface area contributed by atoms with Crippen LogP contribution >= 0.6 is 0 Å². The molecule has 8 nitrogen and oxygen atoms in total. The van der Waals surface area contributed by atoms with Crippen LogP contribution in [0.1, 0.15) is 49.7 Å². The van der Waals surface area contributed by atoms with E-state index in [4.69, 9.17) is 9.15 Å². The first-order valence-corrected chi connectivity index (χ1v) is 8.34. The number of esters is 1. The highest BCUT2D eigenvalue weighted by molar-refractivity contribution is 6.03. The minimum Gasteiger partial charge on any atom is -0.462 e. The van der Waals surface area contributed by atoms with Gasteiger partial charge in [0, 0.05) is 6.04 Å². The SMILES string of the molecule is CCC[C@H](C)NC(=O)Cn1cnc2oc(C)c(C(=O)OCC)c2c1=O. The molecule has 0 unspecified atom stereocenters. The number of carbonyl (C=O) groups excluding carboxylic acids is 2. The summed E-state index contributed by atoms with van der Waals surface area (Å²) >= 11 is 0. The smallest absolute Gasteiger partial charge is 0.342 e. The highest BCUT2D eigenvalue weighted by Gasteiger charge is 2.24. The van der Waals surface area contributed by atoms with E-state index in [-0.39, 0.29) is 47.5 Å². The van der Waals surface area contributed by atoms with E-state index in [0.29, 0.717) is 0 Å². The minimum absolute atomic E-state index is 0.0242. The van der Waals surface area contributed by atoms with Crippen molar-refractivity contribution in [2.75, 3.05) is 6.61 Å². The molecule has 2 rings (SSSR count). The lowest BCUT2D eigenvalue weighted by atomic mass is 10.2. The van der Waals surface area contributed by atoms with Gasteiger partial charge in [0.25, 0.3) is 5.56 Å². The molecule has 1 amide bonds. The van der Waals surface area contributed by atoms with Crippen molar-refractivity contribution in [3.63, 3.8) is 0 Å². The maximum atomic E-state index is 12.7. The van der Waals surface area contributed by atoms with Crippen LogP contribution in [0, 0.1) is 6.92 Å². The number of ether oxygens (including phenoxy) is 1. The fraction of sp³-hybridized carbons (Fsp3) is 0.529. The number of carbonyl (C=O) groups is 2. The van der Waals surface area contributed by atoms with Crippen molar-refractivity contribution in [2.45, 2.75) is 53.1 Å². The molecule has 0 bridgehead atoms. The summed E-state index contributed by atoms with van der Waals surface area (Å²) in [7, 11) is 0. The Morgan fingerprint density at radius 3 is 2.76 bits per heavy atom. The van der Waals surface area contributed by atoms with Gasteiger partial charge in [-0.3, -0.25) is 14.2 Å². The highest BCUT2D eigenvalue weighted by atomic mass is 16.5. The van der Waals surface area contributed by atoms with Gasteiger partial charge in [-0.2, -0.15) is 0 Å². The second-order valence-corrected chi connectivity index (χ2v) is 5.87. The highest BCUT2D eigenvalue weighted by Crippen LogP contribution is 2.21. The summed E-state index contributed by atoms with van der Waals surface area (Å²) in [5.74, 6) is -0.671. The van der Waals surface area contributed by atoms with Gasteiger partial charge < -0.3 is 14.5 Å². The molecule has 2 aromatic heterocycles. The molecule has 8 heteroatoms. The van der Waals surface area contributed by atoms with Crippen molar-refractivity contribution in [3.05, 3.63) is 28.0 Å². The molecule has 25 heavy (non-hydrogen) atoms. The third kappa shape index (κ3) is 4.07. The Kier molecular flexibility index (Phi) is 5.95. The monoisotopic (exact) mass is 349 g/mol. The molecule has 0 saturated heterocycles. The van der Waals surface area contributed by atoms with Gasteiger partial charge in [-0.15, -0.1) is 0 Å². The van der Waals surface area contributed by atoms with Gasteiger partial charge in [0.15, 0.2) is 0 Å². The van der Waals surface area contributed by atoms with Crippen molar-refractivity contribution in [2.24, 2.45) is 0 Å². The Labute approximate surface area is 145 Å². The summed E-state index contributed by atoms with van der Waals surface area (Å²) in [4.78, 5) is 40.9. The maximum Gasteiger partial charge on any atom is 0.342 e. The van der Waals surface area contributed by atoms with Crippen LogP contribution in [-0.4, -0.2) is 34.1 Å². The average molecular weight is 349 g/mol. The lowest BCUT2D eigenvalue weighted by molar-refractivity contribution is -0.122. The summed E-state index contributed by atoms with van der Waals surface area (Å²) in [6.07, 6.45) is 3.05. The predicted octanol–water partition coefficient (Wildman–Crippen LogP) is 1.78. The number of nitrogens with one attached hydrogen (secondary N) is 1. The number of fused-ring (bicyclic) bond motifs is 1. The molecule has 1 atom stereocenters. The molecular weight excluding hydrogens is 326 g/mol. The van der Waals surface area contributed by atoms with E-state index < -0.39 is 11.5 Å². The summed E-state index contributed by atoms with van der Waals surface area (Å²) in [5, 5.41) is 2.86. The molecule has 0 aliphatic carbocycles. The molecule has 2 heterocycles. The van der Waals surface area contributed by atoms with Crippen LogP contribution in [0.2, 0.25) is 0 Å². The number of hydrogen-bond acceptors (Lipinski definition) is 6. The standard InChI is InChI=1S/C17H23N3O5/c1-5-7-10(3)19-12(21)8-20-9-18-15-14(16(20)22)13(11(4)25-15)17(23)24-6-2/h9-10H,5-8H2,1-4H3,(H,19,21)/t10-/m0/s1. The first-order chi connectivity index (χ1) is 11.9. The Hall–Kier alpha value is -2.64. The van der Waals surface area contributed by atoms with Crippen molar-refractivity contribution in [1.29, 1.82) is 0 Å². The van der Waals surface area contributed by atoms with Crippen molar-refractivity contribution in [3.8, 4) is 0 Å². The number of rotatable bonds is 7. The molecule has 2 aromatic rings. The van der Waals surface area contributed by atoms with Gasteiger partial charge >= 0.3 is 5.97 Å². The van der Waals surface area contributed by atoms with Crippen LogP contribution in [-0.2, 0) is 16.1 Å². The lowest BCUT2D eigenvalue weighted by Gasteiger charge is -2.13. The number of furan rings is 1.